The minimum absolute atomic E-state index is 0.551. The van der Waals surface area contributed by atoms with Crippen molar-refractivity contribution in [2.24, 2.45) is 0 Å². The summed E-state index contributed by atoms with van der Waals surface area (Å²) in [4.78, 5) is 11.8. The van der Waals surface area contributed by atoms with Crippen LogP contribution in [0.25, 0.3) is 10.9 Å². The van der Waals surface area contributed by atoms with E-state index in [1.807, 2.05) is 48.9 Å². The van der Waals surface area contributed by atoms with Crippen molar-refractivity contribution in [3.05, 3.63) is 65.9 Å². The van der Waals surface area contributed by atoms with E-state index >= 15 is 0 Å². The first-order valence-electron chi connectivity index (χ1n) is 8.60. The fourth-order valence-corrected chi connectivity index (χ4v) is 3.11. The van der Waals surface area contributed by atoms with E-state index in [0.717, 1.165) is 28.6 Å². The number of hydrogen-bond acceptors (Lipinski definition) is 2. The third-order valence-electron chi connectivity index (χ3n) is 4.45. The van der Waals surface area contributed by atoms with Gasteiger partial charge < -0.3 is 14.4 Å². The maximum absolute atomic E-state index is 11.8. The van der Waals surface area contributed by atoms with E-state index in [4.69, 9.17) is 4.74 Å². The van der Waals surface area contributed by atoms with Gasteiger partial charge in [0.05, 0.1) is 6.61 Å². The first-order valence-corrected chi connectivity index (χ1v) is 8.60. The lowest BCUT2D eigenvalue weighted by atomic mass is 10.0. The lowest BCUT2D eigenvalue weighted by Crippen LogP contribution is -2.19. The van der Waals surface area contributed by atoms with Gasteiger partial charge in [0, 0.05) is 17.1 Å². The van der Waals surface area contributed by atoms with Crippen LogP contribution in [0.2, 0.25) is 0 Å². The van der Waals surface area contributed by atoms with Gasteiger partial charge in [0.2, 0.25) is 0 Å². The number of nitrogens with zero attached hydrogens (tertiary/aromatic N) is 1. The summed E-state index contributed by atoms with van der Waals surface area (Å²) in [5.74, 6) is -0.00206. The molecule has 0 saturated heterocycles. The number of aromatic nitrogens is 1. The van der Waals surface area contributed by atoms with Crippen LogP contribution in [0.5, 0.6) is 5.75 Å². The number of benzene rings is 2. The molecule has 0 aliphatic heterocycles. The summed E-state index contributed by atoms with van der Waals surface area (Å²) in [5.41, 5.74) is 3.28. The summed E-state index contributed by atoms with van der Waals surface area (Å²) in [6, 6.07) is 15.4. The largest absolute Gasteiger partial charge is 0.494 e. The number of rotatable bonds is 7. The predicted molar refractivity (Wildman–Crippen MR) is 99.3 cm³/mol. The van der Waals surface area contributed by atoms with Gasteiger partial charge in [-0.25, -0.2) is 4.79 Å². The van der Waals surface area contributed by atoms with Gasteiger partial charge in [-0.1, -0.05) is 29.8 Å². The number of carboxylic acids is 1. The second kappa shape index (κ2) is 7.43. The van der Waals surface area contributed by atoms with Crippen LogP contribution in [0.15, 0.2) is 54.7 Å². The highest BCUT2D eigenvalue weighted by molar-refractivity contribution is 5.84. The van der Waals surface area contributed by atoms with Crippen molar-refractivity contribution in [3.63, 3.8) is 0 Å². The number of hydrogen-bond donors (Lipinski definition) is 1. The molecule has 25 heavy (non-hydrogen) atoms. The minimum atomic E-state index is -0.807. The summed E-state index contributed by atoms with van der Waals surface area (Å²) < 4.78 is 7.37. The van der Waals surface area contributed by atoms with Crippen molar-refractivity contribution >= 4 is 16.9 Å². The predicted octanol–water partition coefficient (Wildman–Crippen LogP) is 4.61. The standard InChI is InChI=1S/C21H23NO3/c1-3-25-18-9-11-19-17(14-18)12-13-22(19)20(21(23)24)10-8-16-6-4-15(2)5-7-16/h4-7,9,11-14,20H,3,8,10H2,1-2H3,(H,23,24). The highest BCUT2D eigenvalue weighted by atomic mass is 16.5. The number of ether oxygens (including phenoxy) is 1. The van der Waals surface area contributed by atoms with E-state index in [-0.39, 0.29) is 0 Å². The zero-order valence-electron chi connectivity index (χ0n) is 14.6. The van der Waals surface area contributed by atoms with Crippen LogP contribution < -0.4 is 4.74 Å². The highest BCUT2D eigenvalue weighted by Gasteiger charge is 2.21. The number of aliphatic carboxylic acids is 1. The first kappa shape index (κ1) is 17.1. The maximum Gasteiger partial charge on any atom is 0.326 e. The number of fused-ring (bicyclic) bond motifs is 1. The van der Waals surface area contributed by atoms with Crippen LogP contribution >= 0.6 is 0 Å². The van der Waals surface area contributed by atoms with E-state index in [9.17, 15) is 9.90 Å². The molecule has 2 aromatic carbocycles. The first-order chi connectivity index (χ1) is 12.1. The zero-order chi connectivity index (χ0) is 17.8. The van der Waals surface area contributed by atoms with Crippen LogP contribution in [-0.4, -0.2) is 22.2 Å². The summed E-state index contributed by atoms with van der Waals surface area (Å²) in [6.07, 6.45) is 3.14. The molecule has 1 unspecified atom stereocenters. The lowest BCUT2D eigenvalue weighted by Gasteiger charge is -2.16. The molecule has 0 spiro atoms. The fraction of sp³-hybridized carbons (Fsp3) is 0.286. The third kappa shape index (κ3) is 3.85. The van der Waals surface area contributed by atoms with Crippen molar-refractivity contribution in [1.29, 1.82) is 0 Å². The molecule has 1 atom stereocenters. The highest BCUT2D eigenvalue weighted by Crippen LogP contribution is 2.27. The Morgan fingerprint density at radius 3 is 2.60 bits per heavy atom. The molecule has 0 aliphatic rings. The Hall–Kier alpha value is -2.75. The molecule has 3 aromatic rings. The molecule has 3 rings (SSSR count). The fourth-order valence-electron chi connectivity index (χ4n) is 3.11. The molecule has 1 heterocycles. The molecule has 130 valence electrons. The maximum atomic E-state index is 11.8. The molecule has 1 aromatic heterocycles. The SMILES string of the molecule is CCOc1ccc2c(ccn2C(CCc2ccc(C)cc2)C(=O)O)c1. The van der Waals surface area contributed by atoms with Crippen LogP contribution in [0.4, 0.5) is 0 Å². The summed E-state index contributed by atoms with van der Waals surface area (Å²) >= 11 is 0. The van der Waals surface area contributed by atoms with Crippen LogP contribution in [-0.2, 0) is 11.2 Å². The topological polar surface area (TPSA) is 51.5 Å². The van der Waals surface area contributed by atoms with Gasteiger partial charge in [0.25, 0.3) is 0 Å². The van der Waals surface area contributed by atoms with E-state index in [0.29, 0.717) is 13.0 Å². The van der Waals surface area contributed by atoms with Crippen molar-refractivity contribution < 1.29 is 14.6 Å². The van der Waals surface area contributed by atoms with Gasteiger partial charge in [-0.05, 0) is 56.5 Å². The quantitative estimate of drug-likeness (QED) is 0.685. The second-order valence-electron chi connectivity index (χ2n) is 6.25. The average molecular weight is 337 g/mol. The summed E-state index contributed by atoms with van der Waals surface area (Å²) in [7, 11) is 0. The zero-order valence-corrected chi connectivity index (χ0v) is 14.6. The Balaban J connectivity index is 1.83. The molecule has 0 saturated carbocycles. The number of carbonyl (C=O) groups is 1. The molecule has 4 nitrogen and oxygen atoms in total. The van der Waals surface area contributed by atoms with E-state index < -0.39 is 12.0 Å². The molecule has 0 radical (unpaired) electrons. The molecule has 1 N–H and O–H groups in total. The Labute approximate surface area is 147 Å². The Bertz CT molecular complexity index is 864. The molecule has 0 aliphatic carbocycles. The van der Waals surface area contributed by atoms with Crippen LogP contribution in [0.1, 0.15) is 30.5 Å². The smallest absolute Gasteiger partial charge is 0.326 e. The molecule has 0 amide bonds. The summed E-state index contributed by atoms with van der Waals surface area (Å²) in [6.45, 7) is 4.60. The molecular weight excluding hydrogens is 314 g/mol. The van der Waals surface area contributed by atoms with Gasteiger partial charge >= 0.3 is 5.97 Å². The molecule has 4 heteroatoms. The van der Waals surface area contributed by atoms with Gasteiger partial charge in [-0.3, -0.25) is 0 Å². The van der Waals surface area contributed by atoms with Gasteiger partial charge in [-0.15, -0.1) is 0 Å². The van der Waals surface area contributed by atoms with Crippen molar-refractivity contribution in [2.75, 3.05) is 6.61 Å². The molecular formula is C21H23NO3. The number of carboxylic acid groups (broad SMARTS) is 1. The third-order valence-corrected chi connectivity index (χ3v) is 4.45. The Morgan fingerprint density at radius 2 is 1.92 bits per heavy atom. The van der Waals surface area contributed by atoms with Crippen molar-refractivity contribution in [3.8, 4) is 5.75 Å². The van der Waals surface area contributed by atoms with E-state index in [2.05, 4.69) is 24.3 Å². The van der Waals surface area contributed by atoms with Crippen LogP contribution in [0.3, 0.4) is 0 Å². The van der Waals surface area contributed by atoms with Crippen molar-refractivity contribution in [1.82, 2.24) is 4.57 Å². The summed E-state index contributed by atoms with van der Waals surface area (Å²) in [5, 5.41) is 10.7. The minimum Gasteiger partial charge on any atom is -0.494 e. The number of aryl methyl sites for hydroxylation is 2. The monoisotopic (exact) mass is 337 g/mol. The van der Waals surface area contributed by atoms with Crippen molar-refractivity contribution in [2.45, 2.75) is 32.7 Å². The second-order valence-corrected chi connectivity index (χ2v) is 6.25. The van der Waals surface area contributed by atoms with E-state index in [1.54, 1.807) is 0 Å². The average Bonchev–Trinajstić information content (AvgIpc) is 3.00. The lowest BCUT2D eigenvalue weighted by molar-refractivity contribution is -0.141. The molecule has 0 bridgehead atoms. The Morgan fingerprint density at radius 1 is 1.16 bits per heavy atom. The Kier molecular flexibility index (Phi) is 5.08. The van der Waals surface area contributed by atoms with Gasteiger partial charge in [0.15, 0.2) is 0 Å². The van der Waals surface area contributed by atoms with Gasteiger partial charge in [0.1, 0.15) is 11.8 Å². The molecule has 0 fully saturated rings. The normalized spacial score (nSPS) is 12.2. The van der Waals surface area contributed by atoms with Crippen LogP contribution in [0, 0.1) is 6.92 Å². The van der Waals surface area contributed by atoms with Gasteiger partial charge in [-0.2, -0.15) is 0 Å². The van der Waals surface area contributed by atoms with E-state index in [1.165, 1.54) is 5.56 Å².